The molecule has 1 radical (unpaired) electrons. The summed E-state index contributed by atoms with van der Waals surface area (Å²) in [4.78, 5) is 3.91. The zero-order chi connectivity index (χ0) is 54.8. The van der Waals surface area contributed by atoms with Gasteiger partial charge in [-0.15, -0.1) is 29.1 Å². The van der Waals surface area contributed by atoms with Crippen LogP contribution in [-0.4, -0.2) is 12.5 Å². The van der Waals surface area contributed by atoms with E-state index in [1.807, 2.05) is 47.4 Å². The van der Waals surface area contributed by atoms with Gasteiger partial charge < -0.3 is 10.2 Å². The molecule has 2 unspecified atom stereocenters. The van der Waals surface area contributed by atoms with Gasteiger partial charge in [-0.2, -0.15) is 0 Å². The quantitative estimate of drug-likeness (QED) is 0.0790. The van der Waals surface area contributed by atoms with Crippen molar-refractivity contribution in [2.24, 2.45) is 5.92 Å². The minimum atomic E-state index is -0.0905. The molecule has 4 aromatic rings. The highest BCUT2D eigenvalue weighted by Crippen LogP contribution is 2.53. The minimum Gasteiger partial charge on any atom is -0.361 e. The maximum atomic E-state index is 4.37. The van der Waals surface area contributed by atoms with Gasteiger partial charge in [0, 0.05) is 49.1 Å². The molecule has 1 N–H and O–H groups in total. The molecule has 0 bridgehead atoms. The van der Waals surface area contributed by atoms with E-state index in [9.17, 15) is 0 Å². The Morgan fingerprint density at radius 3 is 2.11 bits per heavy atom. The molecule has 1 aliphatic heterocycles. The molecule has 0 fully saturated rings. The normalized spacial score (nSPS) is 18.3. The number of rotatable bonds is 18. The highest BCUT2D eigenvalue weighted by molar-refractivity contribution is 8.00. The Hall–Kier alpha value is -5.23. The first-order valence-electron chi connectivity index (χ1n) is 27.7. The molecule has 393 valence electrons. The summed E-state index contributed by atoms with van der Waals surface area (Å²) in [7, 11) is 2.35. The standard InChI is InChI=1S/C70H88BN2S2/c1-20-25-29-46(6)47(23-4)30-26-38-71-65-64(55-43-58-59(45-63(55)75-65)70(18,19)37-36-69(58,16)17)73(51-32-34-62-54(41-51)53-40-49(66(7,8)9)31-33-61(53)74-62)50(28-22-3)35-39-72-60-44-57(68(13,14)15)56(67(10,11)12)42-52(60)48(24-5)27-21-2/h21-24,26-28,30-33,35,38-46,62,72H,2-5,20,25,29,34,36-37H2,1,6-19H3/b38-26+,39-35+,47-30+,48-27+,50-28+. The number of thiophene rings is 1. The van der Waals surface area contributed by atoms with Gasteiger partial charge in [0.1, 0.15) is 0 Å². The van der Waals surface area contributed by atoms with Gasteiger partial charge in [0.15, 0.2) is 7.28 Å². The Morgan fingerprint density at radius 2 is 1.49 bits per heavy atom. The Balaban J connectivity index is 1.48. The van der Waals surface area contributed by atoms with Gasteiger partial charge in [0.25, 0.3) is 0 Å². The van der Waals surface area contributed by atoms with E-state index in [-0.39, 0.29) is 27.1 Å². The summed E-state index contributed by atoms with van der Waals surface area (Å²) in [6, 6.07) is 17.0. The van der Waals surface area contributed by atoms with E-state index in [0.717, 1.165) is 53.9 Å². The number of nitrogens with zero attached hydrogens (tertiary/aromatic N) is 1. The molecular formula is C70H88BN2S2. The molecule has 75 heavy (non-hydrogen) atoms. The summed E-state index contributed by atoms with van der Waals surface area (Å²) in [5, 5.41) is 5.48. The van der Waals surface area contributed by atoms with Crippen LogP contribution in [0.15, 0.2) is 170 Å². The van der Waals surface area contributed by atoms with Gasteiger partial charge in [-0.05, 0) is 168 Å². The van der Waals surface area contributed by atoms with Crippen LogP contribution in [0, 0.1) is 5.92 Å². The molecular weight excluding hydrogens is 944 g/mol. The van der Waals surface area contributed by atoms with Crippen LogP contribution in [0.3, 0.4) is 0 Å². The highest BCUT2D eigenvalue weighted by atomic mass is 32.2. The van der Waals surface area contributed by atoms with E-state index in [0.29, 0.717) is 11.2 Å². The summed E-state index contributed by atoms with van der Waals surface area (Å²) in [6.45, 7) is 52.1. The predicted molar refractivity (Wildman–Crippen MR) is 340 cm³/mol. The number of allylic oxidation sites excluding steroid dienone is 13. The van der Waals surface area contributed by atoms with Crippen LogP contribution in [0.5, 0.6) is 0 Å². The second-order valence-corrected chi connectivity index (χ2v) is 27.9. The van der Waals surface area contributed by atoms with E-state index in [4.69, 9.17) is 0 Å². The first kappa shape index (κ1) is 57.5. The molecule has 0 saturated carbocycles. The molecule has 2 aliphatic carbocycles. The Morgan fingerprint density at radius 1 is 0.827 bits per heavy atom. The number of hydrogen-bond acceptors (Lipinski definition) is 4. The molecule has 2 heterocycles. The summed E-state index contributed by atoms with van der Waals surface area (Å²) < 4.78 is 2.51. The van der Waals surface area contributed by atoms with Crippen molar-refractivity contribution in [3.05, 3.63) is 204 Å². The van der Waals surface area contributed by atoms with Gasteiger partial charge in [-0.1, -0.05) is 198 Å². The summed E-state index contributed by atoms with van der Waals surface area (Å²) in [5.41, 5.74) is 17.4. The lowest BCUT2D eigenvalue weighted by molar-refractivity contribution is 0.332. The SMILES string of the molecule is C=C/C=C(\C=C)c1cc(C(C)(C)C)c(C(C)(C)C)cc1N/C=C/C(=C\C=C)N(C1=CCC2Sc3ccc(C(C)(C)C)cc3C2=C1)c1c([B]/C=C/C=C(\C=C)C(C)CCCC)sc2cc3c(cc12)C(C)(C)CCC3(C)C. The molecule has 2 nitrogen and oxygen atoms in total. The van der Waals surface area contributed by atoms with Crippen molar-refractivity contribution in [3.8, 4) is 0 Å². The van der Waals surface area contributed by atoms with Crippen molar-refractivity contribution in [2.45, 2.75) is 180 Å². The second-order valence-electron chi connectivity index (χ2n) is 25.6. The van der Waals surface area contributed by atoms with Crippen LogP contribution in [-0.2, 0) is 27.1 Å². The average Bonchev–Trinajstić information content (AvgIpc) is 3.89. The first-order chi connectivity index (χ1) is 35.3. The first-order valence-corrected chi connectivity index (χ1v) is 29.4. The monoisotopic (exact) mass is 1030 g/mol. The molecule has 3 aromatic carbocycles. The van der Waals surface area contributed by atoms with Crippen LogP contribution in [0.25, 0.3) is 21.2 Å². The molecule has 2 atom stereocenters. The summed E-state index contributed by atoms with van der Waals surface area (Å²) in [5.74, 6) is 2.70. The van der Waals surface area contributed by atoms with Crippen molar-refractivity contribution in [2.75, 3.05) is 10.2 Å². The number of unbranched alkanes of at least 4 members (excludes halogenated alkanes) is 1. The second kappa shape index (κ2) is 22.8. The smallest absolute Gasteiger partial charge is 0.198 e. The zero-order valence-corrected chi connectivity index (χ0v) is 50.2. The van der Waals surface area contributed by atoms with Crippen molar-refractivity contribution in [1.82, 2.24) is 0 Å². The van der Waals surface area contributed by atoms with Crippen molar-refractivity contribution in [3.63, 3.8) is 0 Å². The predicted octanol–water partition coefficient (Wildman–Crippen LogP) is 20.0. The molecule has 0 spiro atoms. The fourth-order valence-corrected chi connectivity index (χ4v) is 13.5. The maximum absolute atomic E-state index is 4.37. The lowest BCUT2D eigenvalue weighted by atomic mass is 9.63. The Bertz CT molecular complexity index is 3070. The van der Waals surface area contributed by atoms with Gasteiger partial charge in [-0.25, -0.2) is 0 Å². The third-order valence-corrected chi connectivity index (χ3v) is 18.3. The lowest BCUT2D eigenvalue weighted by Gasteiger charge is -2.42. The highest BCUT2D eigenvalue weighted by Gasteiger charge is 2.39. The summed E-state index contributed by atoms with van der Waals surface area (Å²) in [6.07, 6.45) is 32.7. The fourth-order valence-electron chi connectivity index (χ4n) is 11.1. The van der Waals surface area contributed by atoms with Gasteiger partial charge >= 0.3 is 0 Å². The number of nitrogens with one attached hydrogen (secondary N) is 1. The zero-order valence-electron chi connectivity index (χ0n) is 48.6. The minimum absolute atomic E-state index is 0.0299. The maximum Gasteiger partial charge on any atom is 0.198 e. The van der Waals surface area contributed by atoms with E-state index in [1.165, 1.54) is 82.8 Å². The van der Waals surface area contributed by atoms with Gasteiger partial charge in [-0.3, -0.25) is 0 Å². The van der Waals surface area contributed by atoms with E-state index >= 15 is 0 Å². The summed E-state index contributed by atoms with van der Waals surface area (Å²) >= 11 is 3.91. The number of thioether (sulfide) groups is 1. The molecule has 3 aliphatic rings. The lowest BCUT2D eigenvalue weighted by Crippen LogP contribution is -2.33. The largest absolute Gasteiger partial charge is 0.361 e. The number of fused-ring (bicyclic) bond motifs is 5. The van der Waals surface area contributed by atoms with Crippen molar-refractivity contribution in [1.29, 1.82) is 0 Å². The fraction of sp³-hybridized carbons (Fsp3) is 0.400. The van der Waals surface area contributed by atoms with Crippen LogP contribution >= 0.6 is 23.1 Å². The van der Waals surface area contributed by atoms with Crippen LogP contribution < -0.4 is 15.0 Å². The molecule has 5 heteroatoms. The van der Waals surface area contributed by atoms with E-state index < -0.39 is 0 Å². The molecule has 7 rings (SSSR count). The molecule has 0 amide bonds. The number of hydrogen-bond donors (Lipinski definition) is 1. The van der Waals surface area contributed by atoms with Crippen molar-refractivity contribution < 1.29 is 0 Å². The number of benzene rings is 3. The molecule has 0 saturated heterocycles. The Kier molecular flexibility index (Phi) is 17.5. The van der Waals surface area contributed by atoms with E-state index in [1.54, 1.807) is 0 Å². The van der Waals surface area contributed by atoms with E-state index in [2.05, 4.69) is 245 Å². The van der Waals surface area contributed by atoms with Gasteiger partial charge in [0.05, 0.1) is 5.69 Å². The topological polar surface area (TPSA) is 15.3 Å². The van der Waals surface area contributed by atoms with Crippen molar-refractivity contribution >= 4 is 67.8 Å². The Labute approximate surface area is 464 Å². The van der Waals surface area contributed by atoms with Gasteiger partial charge in [0.2, 0.25) is 0 Å². The molecule has 1 aromatic heterocycles. The van der Waals surface area contributed by atoms with Crippen LogP contribution in [0.4, 0.5) is 11.4 Å². The van der Waals surface area contributed by atoms with Crippen LogP contribution in [0.1, 0.15) is 181 Å². The number of anilines is 2. The third kappa shape index (κ3) is 12.5. The average molecular weight is 1030 g/mol. The third-order valence-electron chi connectivity index (χ3n) is 15.8. The van der Waals surface area contributed by atoms with Crippen LogP contribution in [0.2, 0.25) is 0 Å².